The van der Waals surface area contributed by atoms with Crippen molar-refractivity contribution < 1.29 is 34.0 Å². The Kier molecular flexibility index (Phi) is 12.3. The average Bonchev–Trinajstić information content (AvgIpc) is 3.26. The number of benzene rings is 2. The second-order valence-electron chi connectivity index (χ2n) is 9.14. The summed E-state index contributed by atoms with van der Waals surface area (Å²) >= 11 is 0. The Labute approximate surface area is 248 Å². The molecular formula is C28H33FN3NaO6. The summed E-state index contributed by atoms with van der Waals surface area (Å²) in [5, 5.41) is 36.5. The van der Waals surface area contributed by atoms with Gasteiger partial charge in [0, 0.05) is 18.5 Å². The van der Waals surface area contributed by atoms with Gasteiger partial charge in [0.2, 0.25) is 0 Å². The molecule has 0 fully saturated rings. The van der Waals surface area contributed by atoms with Gasteiger partial charge in [-0.3, -0.25) is 9.59 Å². The number of carbonyl (C=O) groups is 2. The molecule has 4 N–H and O–H groups in total. The molecule has 1 amide bonds. The zero-order valence-corrected chi connectivity index (χ0v) is 21.5. The van der Waals surface area contributed by atoms with Crippen molar-refractivity contribution in [3.05, 3.63) is 82.9 Å². The molecule has 0 spiro atoms. The number of halogens is 1. The molecule has 0 aliphatic carbocycles. The number of aliphatic hydroxyl groups is 2. The van der Waals surface area contributed by atoms with Gasteiger partial charge in [-0.1, -0.05) is 32.1 Å². The number of nitrogens with zero attached hydrogens (tertiary/aromatic N) is 2. The molecule has 0 unspecified atom stereocenters. The van der Waals surface area contributed by atoms with Gasteiger partial charge in [0.05, 0.1) is 37.1 Å². The first kappa shape index (κ1) is 32.2. The number of rotatable bonds is 12. The molecule has 2 atom stereocenters. The first-order valence-corrected chi connectivity index (χ1v) is 12.1. The number of ether oxygens (including phenoxy) is 1. The van der Waals surface area contributed by atoms with Crippen LogP contribution in [0.25, 0.3) is 11.8 Å². The van der Waals surface area contributed by atoms with Gasteiger partial charge in [0.25, 0.3) is 5.91 Å². The van der Waals surface area contributed by atoms with Crippen LogP contribution in [0.15, 0.2) is 54.6 Å². The average molecular weight is 550 g/mol. The number of carboxylic acid groups (broad SMARTS) is 1. The quantitative estimate of drug-likeness (QED) is 0.255. The van der Waals surface area contributed by atoms with Crippen molar-refractivity contribution in [3.63, 3.8) is 0 Å². The Bertz CT molecular complexity index is 1280. The maximum absolute atomic E-state index is 13.6. The van der Waals surface area contributed by atoms with E-state index in [-0.39, 0.29) is 54.1 Å². The van der Waals surface area contributed by atoms with Crippen molar-refractivity contribution in [2.45, 2.75) is 51.4 Å². The molecule has 9 nitrogen and oxygen atoms in total. The Morgan fingerprint density at radius 2 is 1.74 bits per heavy atom. The molecule has 0 saturated carbocycles. The van der Waals surface area contributed by atoms with E-state index in [9.17, 15) is 24.2 Å². The van der Waals surface area contributed by atoms with E-state index in [4.69, 9.17) is 9.84 Å². The van der Waals surface area contributed by atoms with Gasteiger partial charge in [-0.05, 0) is 54.0 Å². The molecule has 39 heavy (non-hydrogen) atoms. The molecule has 0 radical (unpaired) electrons. The number of hydrogen-bond donors (Lipinski definition) is 4. The third-order valence-corrected chi connectivity index (χ3v) is 5.84. The van der Waals surface area contributed by atoms with Crippen LogP contribution in [0.5, 0.6) is 5.75 Å². The Hall–Kier alpha value is -3.02. The number of hydrogen-bond acceptors (Lipinski definition) is 6. The van der Waals surface area contributed by atoms with Crippen molar-refractivity contribution in [3.8, 4) is 11.4 Å². The second-order valence-corrected chi connectivity index (χ2v) is 9.14. The molecule has 2 aromatic carbocycles. The molecule has 0 aliphatic heterocycles. The van der Waals surface area contributed by atoms with Gasteiger partial charge in [-0.25, -0.2) is 9.07 Å². The molecule has 3 rings (SSSR count). The maximum atomic E-state index is 13.6. The summed E-state index contributed by atoms with van der Waals surface area (Å²) in [6.07, 6.45) is -0.0587. The zero-order chi connectivity index (χ0) is 27.8. The molecule has 11 heteroatoms. The fourth-order valence-corrected chi connectivity index (χ4v) is 3.97. The molecule has 0 saturated heterocycles. The summed E-state index contributed by atoms with van der Waals surface area (Å²) in [5.74, 6) is -1.45. The number of carbonyl (C=O) groups excluding carboxylic acids is 1. The van der Waals surface area contributed by atoms with E-state index < -0.39 is 36.3 Å². The Morgan fingerprint density at radius 1 is 1.10 bits per heavy atom. The van der Waals surface area contributed by atoms with Gasteiger partial charge >= 0.3 is 35.5 Å². The normalized spacial score (nSPS) is 12.7. The van der Waals surface area contributed by atoms with E-state index in [2.05, 4.69) is 10.4 Å². The Balaban J connectivity index is 0.00000533. The van der Waals surface area contributed by atoms with Crippen LogP contribution < -0.4 is 10.1 Å². The van der Waals surface area contributed by atoms with Crippen LogP contribution in [0.3, 0.4) is 0 Å². The predicted octanol–water partition coefficient (Wildman–Crippen LogP) is 3.02. The third-order valence-electron chi connectivity index (χ3n) is 5.84. The number of carboxylic acids is 1. The van der Waals surface area contributed by atoms with Gasteiger partial charge < -0.3 is 25.4 Å². The summed E-state index contributed by atoms with van der Waals surface area (Å²) in [6, 6.07) is 12.9. The molecule has 1 aromatic heterocycles. The molecular weight excluding hydrogens is 516 g/mol. The van der Waals surface area contributed by atoms with E-state index in [0.29, 0.717) is 22.7 Å². The number of nitrogens with one attached hydrogen (secondary N) is 1. The van der Waals surface area contributed by atoms with E-state index in [1.807, 2.05) is 26.0 Å². The zero-order valence-electron chi connectivity index (χ0n) is 21.5. The SMILES string of the molecule is COc1ccc(CNC(=O)c2nn(-c3ccc(F)cc3)c(C=C[C@H](O)C[C@@H](O)CC(=O)O)c2C(C)C)cc1.[NaH]. The molecule has 0 bridgehead atoms. The van der Waals surface area contributed by atoms with E-state index in [0.717, 1.165) is 5.56 Å². The van der Waals surface area contributed by atoms with E-state index in [1.54, 1.807) is 25.3 Å². The monoisotopic (exact) mass is 549 g/mol. The number of methoxy groups -OCH3 is 1. The predicted molar refractivity (Wildman–Crippen MR) is 147 cm³/mol. The minimum atomic E-state index is -1.22. The first-order chi connectivity index (χ1) is 18.1. The minimum absolute atomic E-state index is 0. The van der Waals surface area contributed by atoms with Crippen molar-refractivity contribution in [1.82, 2.24) is 15.1 Å². The van der Waals surface area contributed by atoms with Gasteiger partial charge in [-0.2, -0.15) is 5.10 Å². The summed E-state index contributed by atoms with van der Waals surface area (Å²) in [4.78, 5) is 24.1. The topological polar surface area (TPSA) is 134 Å². The van der Waals surface area contributed by atoms with Crippen LogP contribution in [-0.2, 0) is 11.3 Å². The molecule has 204 valence electrons. The van der Waals surface area contributed by atoms with Gasteiger partial charge in [0.1, 0.15) is 11.6 Å². The summed E-state index contributed by atoms with van der Waals surface area (Å²) in [7, 11) is 1.57. The molecule has 0 aliphatic rings. The number of aliphatic hydroxyl groups excluding tert-OH is 2. The van der Waals surface area contributed by atoms with Crippen molar-refractivity contribution >= 4 is 47.5 Å². The Morgan fingerprint density at radius 3 is 2.31 bits per heavy atom. The first-order valence-electron chi connectivity index (χ1n) is 12.1. The van der Waals surface area contributed by atoms with Gasteiger partial charge in [-0.15, -0.1) is 0 Å². The van der Waals surface area contributed by atoms with Crippen LogP contribution in [0.1, 0.15) is 59.9 Å². The van der Waals surface area contributed by atoms with Crippen LogP contribution in [0.2, 0.25) is 0 Å². The molecule has 3 aromatic rings. The van der Waals surface area contributed by atoms with Crippen molar-refractivity contribution in [2.24, 2.45) is 0 Å². The van der Waals surface area contributed by atoms with Crippen molar-refractivity contribution in [1.29, 1.82) is 0 Å². The number of amides is 1. The standard InChI is InChI=1S/C28H32FN3O6.Na.H/c1-17(2)26-24(13-10-21(33)14-22(34)15-25(35)36)32(20-8-6-19(29)7-9-20)31-27(26)28(37)30-16-18-4-11-23(38-3)12-5-18;;/h4-13,17,21-22,33-34H,14-16H2,1-3H3,(H,30,37)(H,35,36);;/t21-,22+;;/m0../s1. The van der Waals surface area contributed by atoms with Crippen molar-refractivity contribution in [2.75, 3.05) is 7.11 Å². The summed E-state index contributed by atoms with van der Waals surface area (Å²) < 4.78 is 20.3. The summed E-state index contributed by atoms with van der Waals surface area (Å²) in [6.45, 7) is 4.06. The molecule has 1 heterocycles. The van der Waals surface area contributed by atoms with E-state index >= 15 is 0 Å². The fourth-order valence-electron chi connectivity index (χ4n) is 3.97. The second kappa shape index (κ2) is 14.9. The van der Waals surface area contributed by atoms with Crippen LogP contribution in [0.4, 0.5) is 4.39 Å². The van der Waals surface area contributed by atoms with E-state index in [1.165, 1.54) is 35.0 Å². The summed E-state index contributed by atoms with van der Waals surface area (Å²) in [5.41, 5.74) is 2.65. The van der Waals surface area contributed by atoms with Crippen LogP contribution in [0, 0.1) is 5.82 Å². The number of aliphatic carboxylic acids is 1. The van der Waals surface area contributed by atoms with Gasteiger partial charge in [0.15, 0.2) is 5.69 Å². The van der Waals surface area contributed by atoms with Crippen LogP contribution in [-0.4, -0.2) is 85.9 Å². The van der Waals surface area contributed by atoms with Crippen LogP contribution >= 0.6 is 0 Å². The number of aromatic nitrogens is 2. The fraction of sp³-hybridized carbons (Fsp3) is 0.321. The third kappa shape index (κ3) is 9.01.